The van der Waals surface area contributed by atoms with Crippen LogP contribution in [0.5, 0.6) is 5.75 Å². The van der Waals surface area contributed by atoms with E-state index in [1.807, 2.05) is 0 Å². The van der Waals surface area contributed by atoms with Gasteiger partial charge in [0.05, 0.1) is 24.5 Å². The minimum absolute atomic E-state index is 0.107. The predicted molar refractivity (Wildman–Crippen MR) is 68.5 cm³/mol. The van der Waals surface area contributed by atoms with E-state index < -0.39 is 21.9 Å². The molecule has 0 fully saturated rings. The van der Waals surface area contributed by atoms with Gasteiger partial charge in [-0.15, -0.1) is 0 Å². The molecule has 0 spiro atoms. The van der Waals surface area contributed by atoms with Crippen LogP contribution in [0.15, 0.2) is 23.1 Å². The van der Waals surface area contributed by atoms with Crippen LogP contribution in [0.25, 0.3) is 0 Å². The van der Waals surface area contributed by atoms with E-state index in [-0.39, 0.29) is 22.0 Å². The molecule has 1 atom stereocenters. The summed E-state index contributed by atoms with van der Waals surface area (Å²) in [6, 6.07) is 3.71. The Kier molecular flexibility index (Phi) is 4.90. The number of carboxylic acids is 1. The maximum absolute atomic E-state index is 12.2. The van der Waals surface area contributed by atoms with E-state index in [4.69, 9.17) is 14.6 Å². The molecular weight excluding hydrogens is 272 g/mol. The number of methoxy groups -OCH3 is 2. The van der Waals surface area contributed by atoms with Gasteiger partial charge in [0.15, 0.2) is 9.84 Å². The van der Waals surface area contributed by atoms with Crippen molar-refractivity contribution in [2.75, 3.05) is 20.0 Å². The van der Waals surface area contributed by atoms with Gasteiger partial charge in [-0.05, 0) is 25.1 Å². The summed E-state index contributed by atoms with van der Waals surface area (Å²) >= 11 is 0. The van der Waals surface area contributed by atoms with E-state index in [0.717, 1.165) is 6.07 Å². The summed E-state index contributed by atoms with van der Waals surface area (Å²) in [5, 5.41) is 8.91. The fraction of sp³-hybridized carbons (Fsp3) is 0.417. The number of hydrogen-bond donors (Lipinski definition) is 1. The number of carbonyl (C=O) groups is 1. The van der Waals surface area contributed by atoms with Gasteiger partial charge in [0, 0.05) is 7.11 Å². The summed E-state index contributed by atoms with van der Waals surface area (Å²) in [4.78, 5) is 10.8. The molecule has 6 nitrogen and oxygen atoms in total. The van der Waals surface area contributed by atoms with E-state index in [9.17, 15) is 13.2 Å². The van der Waals surface area contributed by atoms with E-state index in [0.29, 0.717) is 0 Å². The molecule has 0 radical (unpaired) electrons. The summed E-state index contributed by atoms with van der Waals surface area (Å²) in [6.07, 6.45) is -0.497. The standard InChI is InChI=1S/C12H16O6S/c1-8(17-2)7-19(15,16)11-6-9(12(13)14)4-5-10(11)18-3/h4-6,8H,7H2,1-3H3,(H,13,14). The van der Waals surface area contributed by atoms with Crippen LogP contribution in [0.1, 0.15) is 17.3 Å². The third-order valence-electron chi connectivity index (χ3n) is 2.60. The lowest BCUT2D eigenvalue weighted by molar-refractivity contribution is 0.0696. The molecule has 0 aliphatic heterocycles. The first-order chi connectivity index (χ1) is 8.81. The number of sulfone groups is 1. The smallest absolute Gasteiger partial charge is 0.335 e. The molecule has 0 aliphatic carbocycles. The Hall–Kier alpha value is -1.60. The molecule has 106 valence electrons. The quantitative estimate of drug-likeness (QED) is 0.846. The van der Waals surface area contributed by atoms with Gasteiger partial charge in [-0.2, -0.15) is 0 Å². The zero-order chi connectivity index (χ0) is 14.6. The average Bonchev–Trinajstić information content (AvgIpc) is 2.37. The number of rotatable bonds is 6. The molecule has 1 unspecified atom stereocenters. The molecule has 0 bridgehead atoms. The number of aromatic carboxylic acids is 1. The van der Waals surface area contributed by atoms with Crippen LogP contribution in [-0.2, 0) is 14.6 Å². The summed E-state index contributed by atoms with van der Waals surface area (Å²) in [5.41, 5.74) is -0.107. The Morgan fingerprint density at radius 1 is 1.37 bits per heavy atom. The molecule has 0 saturated heterocycles. The second-order valence-corrected chi connectivity index (χ2v) is 6.00. The lowest BCUT2D eigenvalue weighted by Crippen LogP contribution is -2.20. The Labute approximate surface area is 111 Å². The van der Waals surface area contributed by atoms with Gasteiger partial charge < -0.3 is 14.6 Å². The van der Waals surface area contributed by atoms with E-state index in [1.165, 1.54) is 26.4 Å². The Morgan fingerprint density at radius 2 is 2.00 bits per heavy atom. The third kappa shape index (κ3) is 3.68. The second kappa shape index (κ2) is 6.03. The van der Waals surface area contributed by atoms with Crippen LogP contribution >= 0.6 is 0 Å². The lowest BCUT2D eigenvalue weighted by Gasteiger charge is -2.13. The van der Waals surface area contributed by atoms with Crippen molar-refractivity contribution in [3.8, 4) is 5.75 Å². The molecule has 0 saturated carbocycles. The van der Waals surface area contributed by atoms with E-state index in [1.54, 1.807) is 6.92 Å². The maximum atomic E-state index is 12.2. The summed E-state index contributed by atoms with van der Waals surface area (Å²) in [7, 11) is -0.948. The topological polar surface area (TPSA) is 89.9 Å². The van der Waals surface area contributed by atoms with Crippen LogP contribution < -0.4 is 4.74 Å². The van der Waals surface area contributed by atoms with Gasteiger partial charge in [-0.3, -0.25) is 0 Å². The van der Waals surface area contributed by atoms with Crippen molar-refractivity contribution in [2.45, 2.75) is 17.9 Å². The van der Waals surface area contributed by atoms with Crippen molar-refractivity contribution >= 4 is 15.8 Å². The van der Waals surface area contributed by atoms with Crippen molar-refractivity contribution in [1.82, 2.24) is 0 Å². The number of carboxylic acid groups (broad SMARTS) is 1. The van der Waals surface area contributed by atoms with Gasteiger partial charge in [-0.25, -0.2) is 13.2 Å². The highest BCUT2D eigenvalue weighted by molar-refractivity contribution is 7.91. The van der Waals surface area contributed by atoms with Crippen LogP contribution in [0, 0.1) is 0 Å². The predicted octanol–water partition coefficient (Wildman–Crippen LogP) is 1.20. The monoisotopic (exact) mass is 288 g/mol. The molecule has 19 heavy (non-hydrogen) atoms. The van der Waals surface area contributed by atoms with E-state index in [2.05, 4.69) is 0 Å². The molecule has 1 N–H and O–H groups in total. The van der Waals surface area contributed by atoms with Gasteiger partial charge in [0.1, 0.15) is 10.6 Å². The normalized spacial score (nSPS) is 13.0. The Balaban J connectivity index is 3.30. The van der Waals surface area contributed by atoms with Gasteiger partial charge >= 0.3 is 5.97 Å². The zero-order valence-corrected chi connectivity index (χ0v) is 11.7. The molecule has 0 heterocycles. The number of hydrogen-bond acceptors (Lipinski definition) is 5. The summed E-state index contributed by atoms with van der Waals surface area (Å²) in [6.45, 7) is 1.62. The van der Waals surface area contributed by atoms with Crippen LogP contribution in [0.2, 0.25) is 0 Å². The van der Waals surface area contributed by atoms with Crippen LogP contribution in [0.3, 0.4) is 0 Å². The number of ether oxygens (including phenoxy) is 2. The first-order valence-corrected chi connectivity index (χ1v) is 7.14. The Bertz CT molecular complexity index is 564. The van der Waals surface area contributed by atoms with Crippen molar-refractivity contribution in [3.63, 3.8) is 0 Å². The molecular formula is C12H16O6S. The highest BCUT2D eigenvalue weighted by atomic mass is 32.2. The number of benzene rings is 1. The van der Waals surface area contributed by atoms with Crippen molar-refractivity contribution < 1.29 is 27.8 Å². The molecule has 0 amide bonds. The maximum Gasteiger partial charge on any atom is 0.335 e. The van der Waals surface area contributed by atoms with Gasteiger partial charge in [0.2, 0.25) is 0 Å². The summed E-state index contributed by atoms with van der Waals surface area (Å²) in [5.74, 6) is -1.32. The third-order valence-corrected chi connectivity index (χ3v) is 4.50. The fourth-order valence-corrected chi connectivity index (χ4v) is 3.22. The average molecular weight is 288 g/mol. The van der Waals surface area contributed by atoms with Gasteiger partial charge in [-0.1, -0.05) is 0 Å². The molecule has 0 aliphatic rings. The first kappa shape index (κ1) is 15.5. The molecule has 1 aromatic rings. The highest BCUT2D eigenvalue weighted by Gasteiger charge is 2.24. The molecule has 7 heteroatoms. The molecule has 1 rings (SSSR count). The Morgan fingerprint density at radius 3 is 2.47 bits per heavy atom. The van der Waals surface area contributed by atoms with Crippen molar-refractivity contribution in [1.29, 1.82) is 0 Å². The largest absolute Gasteiger partial charge is 0.495 e. The summed E-state index contributed by atoms with van der Waals surface area (Å²) < 4.78 is 34.3. The zero-order valence-electron chi connectivity index (χ0n) is 10.9. The van der Waals surface area contributed by atoms with Crippen LogP contribution in [-0.4, -0.2) is 45.6 Å². The first-order valence-electron chi connectivity index (χ1n) is 5.48. The fourth-order valence-electron chi connectivity index (χ4n) is 1.52. The minimum atomic E-state index is -3.68. The molecule has 0 aromatic heterocycles. The second-order valence-electron chi connectivity index (χ2n) is 4.00. The van der Waals surface area contributed by atoms with E-state index >= 15 is 0 Å². The minimum Gasteiger partial charge on any atom is -0.495 e. The van der Waals surface area contributed by atoms with Crippen LogP contribution in [0.4, 0.5) is 0 Å². The van der Waals surface area contributed by atoms with Crippen molar-refractivity contribution in [2.24, 2.45) is 0 Å². The SMILES string of the molecule is COc1ccc(C(=O)O)cc1S(=O)(=O)CC(C)OC. The molecule has 1 aromatic carbocycles. The highest BCUT2D eigenvalue weighted by Crippen LogP contribution is 2.26. The van der Waals surface area contributed by atoms with Crippen molar-refractivity contribution in [3.05, 3.63) is 23.8 Å². The lowest BCUT2D eigenvalue weighted by atomic mass is 10.2. The van der Waals surface area contributed by atoms with Gasteiger partial charge in [0.25, 0.3) is 0 Å².